The molecule has 1 aliphatic heterocycles. The number of carbonyl (C=O) groups excluding carboxylic acids is 2. The lowest BCUT2D eigenvalue weighted by molar-refractivity contribution is -0.140. The van der Waals surface area contributed by atoms with Crippen LogP contribution in [-0.4, -0.2) is 59.5 Å². The Labute approximate surface area is 135 Å². The van der Waals surface area contributed by atoms with Gasteiger partial charge in [0.15, 0.2) is 0 Å². The smallest absolute Gasteiger partial charge is 0.317 e. The van der Waals surface area contributed by atoms with Crippen LogP contribution in [0, 0.1) is 11.8 Å². The van der Waals surface area contributed by atoms with Crippen LogP contribution in [0.5, 0.6) is 0 Å². The number of amides is 2. The normalized spacial score (nSPS) is 30.5. The van der Waals surface area contributed by atoms with Crippen LogP contribution < -0.4 is 10.6 Å². The van der Waals surface area contributed by atoms with Crippen molar-refractivity contribution in [2.45, 2.75) is 50.6 Å². The fraction of sp³-hybridized carbons (Fsp3) is 0.812. The van der Waals surface area contributed by atoms with Gasteiger partial charge in [-0.05, 0) is 38.0 Å². The highest BCUT2D eigenvalue weighted by Crippen LogP contribution is 2.34. The van der Waals surface area contributed by atoms with Crippen molar-refractivity contribution in [2.75, 3.05) is 19.6 Å². The Kier molecular flexibility index (Phi) is 4.84. The molecule has 23 heavy (non-hydrogen) atoms. The first-order valence-electron chi connectivity index (χ1n) is 8.54. The number of hydrogen-bond acceptors (Lipinski definition) is 4. The Morgan fingerprint density at radius 2 is 2.00 bits per heavy atom. The second-order valence-electron chi connectivity index (χ2n) is 7.14. The van der Waals surface area contributed by atoms with Gasteiger partial charge >= 0.3 is 5.97 Å². The predicted molar refractivity (Wildman–Crippen MR) is 82.6 cm³/mol. The van der Waals surface area contributed by atoms with Gasteiger partial charge in [0.2, 0.25) is 11.8 Å². The molecule has 7 heteroatoms. The molecule has 0 aromatic rings. The molecule has 3 fully saturated rings. The summed E-state index contributed by atoms with van der Waals surface area (Å²) in [6, 6.07) is 0.375. The third kappa shape index (κ3) is 4.43. The van der Waals surface area contributed by atoms with Gasteiger partial charge in [-0.2, -0.15) is 0 Å². The number of piperidine rings is 1. The van der Waals surface area contributed by atoms with Crippen molar-refractivity contribution >= 4 is 17.8 Å². The molecule has 1 atom stereocenters. The van der Waals surface area contributed by atoms with Crippen LogP contribution >= 0.6 is 0 Å². The van der Waals surface area contributed by atoms with Crippen molar-refractivity contribution in [3.8, 4) is 0 Å². The number of carbonyl (C=O) groups is 3. The number of hydrogen-bond donors (Lipinski definition) is 3. The van der Waals surface area contributed by atoms with Crippen molar-refractivity contribution in [1.82, 2.24) is 15.5 Å². The molecule has 0 aromatic carbocycles. The first-order valence-corrected chi connectivity index (χ1v) is 8.54. The zero-order valence-corrected chi connectivity index (χ0v) is 13.3. The minimum absolute atomic E-state index is 0.0322. The highest BCUT2D eigenvalue weighted by Gasteiger charge is 2.38. The van der Waals surface area contributed by atoms with E-state index in [1.54, 1.807) is 0 Å². The molecular formula is C16H25N3O4. The summed E-state index contributed by atoms with van der Waals surface area (Å²) in [5, 5.41) is 14.8. The average molecular weight is 323 g/mol. The SMILES string of the molecule is O=C(O)CN(CC1CC1)C1CC(NC(=O)C2CCNC(=O)C2)C1. The Morgan fingerprint density at radius 1 is 1.26 bits per heavy atom. The van der Waals surface area contributed by atoms with Gasteiger partial charge in [-0.15, -0.1) is 0 Å². The summed E-state index contributed by atoms with van der Waals surface area (Å²) >= 11 is 0. The van der Waals surface area contributed by atoms with E-state index in [0.717, 1.165) is 19.4 Å². The topological polar surface area (TPSA) is 98.7 Å². The molecule has 0 bridgehead atoms. The van der Waals surface area contributed by atoms with Gasteiger partial charge < -0.3 is 15.7 Å². The molecule has 2 amide bonds. The van der Waals surface area contributed by atoms with Crippen molar-refractivity contribution in [3.63, 3.8) is 0 Å². The van der Waals surface area contributed by atoms with Crippen LogP contribution in [0.1, 0.15) is 38.5 Å². The molecule has 3 rings (SSSR count). The summed E-state index contributed by atoms with van der Waals surface area (Å²) in [6.07, 6.45) is 4.99. The molecule has 0 radical (unpaired) electrons. The summed E-state index contributed by atoms with van der Waals surface area (Å²) in [5.41, 5.74) is 0. The van der Waals surface area contributed by atoms with E-state index >= 15 is 0 Å². The zero-order chi connectivity index (χ0) is 16.4. The fourth-order valence-electron chi connectivity index (χ4n) is 3.48. The maximum atomic E-state index is 12.2. The largest absolute Gasteiger partial charge is 0.480 e. The molecule has 3 aliphatic rings. The van der Waals surface area contributed by atoms with E-state index in [2.05, 4.69) is 15.5 Å². The molecule has 1 heterocycles. The monoisotopic (exact) mass is 323 g/mol. The Morgan fingerprint density at radius 3 is 2.61 bits per heavy atom. The zero-order valence-electron chi connectivity index (χ0n) is 13.3. The lowest BCUT2D eigenvalue weighted by atomic mass is 9.84. The number of carboxylic acids is 1. The molecule has 2 saturated carbocycles. The van der Waals surface area contributed by atoms with E-state index in [-0.39, 0.29) is 42.8 Å². The minimum atomic E-state index is -0.786. The van der Waals surface area contributed by atoms with E-state index in [4.69, 9.17) is 5.11 Å². The van der Waals surface area contributed by atoms with Gasteiger partial charge in [0.05, 0.1) is 6.54 Å². The average Bonchev–Trinajstić information content (AvgIpc) is 3.25. The molecule has 2 aliphatic carbocycles. The summed E-state index contributed by atoms with van der Waals surface area (Å²) in [4.78, 5) is 36.6. The van der Waals surface area contributed by atoms with Gasteiger partial charge in [0.1, 0.15) is 0 Å². The van der Waals surface area contributed by atoms with E-state index in [0.29, 0.717) is 18.9 Å². The van der Waals surface area contributed by atoms with Gasteiger partial charge in [0, 0.05) is 37.5 Å². The van der Waals surface area contributed by atoms with E-state index in [1.165, 1.54) is 12.8 Å². The predicted octanol–water partition coefficient (Wildman–Crippen LogP) is -0.0436. The van der Waals surface area contributed by atoms with E-state index < -0.39 is 5.97 Å². The fourth-order valence-corrected chi connectivity index (χ4v) is 3.48. The van der Waals surface area contributed by atoms with Crippen LogP contribution in [0.4, 0.5) is 0 Å². The Balaban J connectivity index is 1.42. The lowest BCUT2D eigenvalue weighted by Gasteiger charge is -2.43. The van der Waals surface area contributed by atoms with Gasteiger partial charge in [-0.1, -0.05) is 0 Å². The van der Waals surface area contributed by atoms with Gasteiger partial charge in [0.25, 0.3) is 0 Å². The van der Waals surface area contributed by atoms with Crippen LogP contribution in [0.15, 0.2) is 0 Å². The maximum absolute atomic E-state index is 12.2. The molecule has 0 aromatic heterocycles. The third-order valence-electron chi connectivity index (χ3n) is 5.12. The minimum Gasteiger partial charge on any atom is -0.480 e. The summed E-state index contributed by atoms with van der Waals surface area (Å²) < 4.78 is 0. The quantitative estimate of drug-likeness (QED) is 0.610. The van der Waals surface area contributed by atoms with Crippen molar-refractivity contribution in [3.05, 3.63) is 0 Å². The van der Waals surface area contributed by atoms with E-state index in [1.807, 2.05) is 0 Å². The number of aliphatic carboxylic acids is 1. The number of nitrogens with zero attached hydrogens (tertiary/aromatic N) is 1. The first kappa shape index (κ1) is 16.2. The second-order valence-corrected chi connectivity index (χ2v) is 7.14. The Bertz CT molecular complexity index is 486. The van der Waals surface area contributed by atoms with Gasteiger partial charge in [-0.25, -0.2) is 0 Å². The van der Waals surface area contributed by atoms with Crippen LogP contribution in [0.2, 0.25) is 0 Å². The summed E-state index contributed by atoms with van der Waals surface area (Å²) in [7, 11) is 0. The van der Waals surface area contributed by atoms with Crippen molar-refractivity contribution in [1.29, 1.82) is 0 Å². The molecule has 1 saturated heterocycles. The summed E-state index contributed by atoms with van der Waals surface area (Å²) in [6.45, 7) is 1.52. The molecule has 3 N–H and O–H groups in total. The number of rotatable bonds is 7. The highest BCUT2D eigenvalue weighted by molar-refractivity contribution is 5.87. The summed E-state index contributed by atoms with van der Waals surface area (Å²) in [5.74, 6) is -0.435. The number of nitrogens with one attached hydrogen (secondary N) is 2. The third-order valence-corrected chi connectivity index (χ3v) is 5.12. The Hall–Kier alpha value is -1.63. The molecule has 128 valence electrons. The van der Waals surface area contributed by atoms with Gasteiger partial charge in [-0.3, -0.25) is 19.3 Å². The van der Waals surface area contributed by atoms with E-state index in [9.17, 15) is 14.4 Å². The van der Waals surface area contributed by atoms with Crippen LogP contribution in [0.25, 0.3) is 0 Å². The molecule has 7 nitrogen and oxygen atoms in total. The number of carboxylic acid groups (broad SMARTS) is 1. The lowest BCUT2D eigenvalue weighted by Crippen LogP contribution is -2.56. The molecule has 1 unspecified atom stereocenters. The van der Waals surface area contributed by atoms with Crippen molar-refractivity contribution in [2.24, 2.45) is 11.8 Å². The highest BCUT2D eigenvalue weighted by atomic mass is 16.4. The molecular weight excluding hydrogens is 298 g/mol. The standard InChI is InChI=1S/C16H25N3O4/c20-14-5-11(3-4-17-14)16(23)18-12-6-13(7-12)19(9-15(21)22)8-10-1-2-10/h10-13H,1-9H2,(H,17,20)(H,18,23)(H,21,22). The molecule has 0 spiro atoms. The first-order chi connectivity index (χ1) is 11.0. The maximum Gasteiger partial charge on any atom is 0.317 e. The second kappa shape index (κ2) is 6.86. The van der Waals surface area contributed by atoms with Crippen molar-refractivity contribution < 1.29 is 19.5 Å². The van der Waals surface area contributed by atoms with Crippen LogP contribution in [-0.2, 0) is 14.4 Å². The van der Waals surface area contributed by atoms with Crippen LogP contribution in [0.3, 0.4) is 0 Å².